The molecule has 4 heteroatoms. The summed E-state index contributed by atoms with van der Waals surface area (Å²) in [4.78, 5) is 0. The van der Waals surface area contributed by atoms with Crippen molar-refractivity contribution in [3.8, 4) is 11.5 Å². The van der Waals surface area contributed by atoms with Crippen LogP contribution in [0.3, 0.4) is 0 Å². The zero-order chi connectivity index (χ0) is 11.1. The minimum atomic E-state index is -0.00515. The van der Waals surface area contributed by atoms with E-state index in [1.807, 2.05) is 13.1 Å². The van der Waals surface area contributed by atoms with Gasteiger partial charge in [0.15, 0.2) is 17.7 Å². The van der Waals surface area contributed by atoms with Crippen LogP contribution in [-0.2, 0) is 13.0 Å². The van der Waals surface area contributed by atoms with E-state index in [1.54, 1.807) is 0 Å². The first-order valence-electron chi connectivity index (χ1n) is 5.40. The van der Waals surface area contributed by atoms with Gasteiger partial charge in [0.25, 0.3) is 0 Å². The first-order valence-corrected chi connectivity index (χ1v) is 5.40. The number of hydrogen-bond donors (Lipinski definition) is 1. The highest BCUT2D eigenvalue weighted by atomic mass is 16.7. The lowest BCUT2D eigenvalue weighted by Gasteiger charge is -2.14. The minimum Gasteiger partial charge on any atom is -0.453 e. The van der Waals surface area contributed by atoms with Gasteiger partial charge in [-0.05, 0) is 11.6 Å². The van der Waals surface area contributed by atoms with E-state index in [-0.39, 0.29) is 13.4 Å². The highest BCUT2D eigenvalue weighted by Crippen LogP contribution is 2.41. The average Bonchev–Trinajstić information content (AvgIpc) is 2.77. The van der Waals surface area contributed by atoms with Gasteiger partial charge in [-0.2, -0.15) is 0 Å². The first kappa shape index (κ1) is 9.66. The van der Waals surface area contributed by atoms with E-state index >= 15 is 0 Å². The lowest BCUT2D eigenvalue weighted by molar-refractivity contribution is -0.493. The summed E-state index contributed by atoms with van der Waals surface area (Å²) in [6.45, 7) is 1.24. The van der Waals surface area contributed by atoms with Crippen LogP contribution in [-0.4, -0.2) is 36.3 Å². The third-order valence-electron chi connectivity index (χ3n) is 3.10. The van der Waals surface area contributed by atoms with Gasteiger partial charge in [-0.1, -0.05) is 0 Å². The molecule has 0 aliphatic carbocycles. The summed E-state index contributed by atoms with van der Waals surface area (Å²) in [5.41, 5.74) is 3.15. The average molecular weight is 220 g/mol. The maximum absolute atomic E-state index is 9.30. The van der Waals surface area contributed by atoms with Crippen LogP contribution in [0.25, 0.3) is 0 Å². The second kappa shape index (κ2) is 3.49. The van der Waals surface area contributed by atoms with Crippen LogP contribution in [0, 0.1) is 0 Å². The molecule has 0 saturated heterocycles. The Morgan fingerprint density at radius 1 is 1.38 bits per heavy atom. The smallest absolute Gasteiger partial charge is 0.231 e. The van der Waals surface area contributed by atoms with Gasteiger partial charge in [0.2, 0.25) is 6.79 Å². The van der Waals surface area contributed by atoms with Gasteiger partial charge < -0.3 is 14.6 Å². The fourth-order valence-corrected chi connectivity index (χ4v) is 2.26. The number of nitrogens with zero attached hydrogens (tertiary/aromatic N) is 1. The largest absolute Gasteiger partial charge is 0.453 e. The first-order chi connectivity index (χ1) is 7.79. The number of aliphatic hydroxyl groups excluding tert-OH is 1. The fraction of sp³-hybridized carbons (Fsp3) is 0.417. The van der Waals surface area contributed by atoms with Crippen molar-refractivity contribution >= 4 is 6.21 Å². The Balaban J connectivity index is 2.24. The second-order valence-electron chi connectivity index (χ2n) is 4.19. The van der Waals surface area contributed by atoms with E-state index in [0.717, 1.165) is 29.8 Å². The molecule has 0 saturated carbocycles. The summed E-state index contributed by atoms with van der Waals surface area (Å²) in [6, 6.07) is 2.02. The van der Waals surface area contributed by atoms with Crippen LogP contribution in [0.1, 0.15) is 16.7 Å². The SMILES string of the molecule is C[N+]1=Cc2c(cc(CO)c3c2OCO3)CC1. The van der Waals surface area contributed by atoms with Crippen molar-refractivity contribution in [2.24, 2.45) is 0 Å². The Bertz CT molecular complexity index is 480. The molecule has 0 atom stereocenters. The molecule has 0 fully saturated rings. The predicted octanol–water partition coefficient (Wildman–Crippen LogP) is 0.525. The summed E-state index contributed by atoms with van der Waals surface area (Å²) < 4.78 is 13.0. The third kappa shape index (κ3) is 1.30. The van der Waals surface area contributed by atoms with Crippen LogP contribution >= 0.6 is 0 Å². The topological polar surface area (TPSA) is 41.7 Å². The van der Waals surface area contributed by atoms with E-state index in [1.165, 1.54) is 5.56 Å². The molecule has 1 aromatic carbocycles. The molecule has 1 N–H and O–H groups in total. The fourth-order valence-electron chi connectivity index (χ4n) is 2.26. The molecule has 1 aromatic rings. The van der Waals surface area contributed by atoms with E-state index in [9.17, 15) is 5.11 Å². The standard InChI is InChI=1S/C12H14NO3/c1-13-3-2-8-4-9(6-14)11-12(10(8)5-13)16-7-15-11/h4-5,14H,2-3,6-7H2,1H3/q+1. The minimum absolute atomic E-state index is 0.00515. The van der Waals surface area contributed by atoms with E-state index in [0.29, 0.717) is 5.75 Å². The Kier molecular flexibility index (Phi) is 2.11. The van der Waals surface area contributed by atoms with E-state index in [4.69, 9.17) is 9.47 Å². The lowest BCUT2D eigenvalue weighted by atomic mass is 9.97. The number of fused-ring (bicyclic) bond motifs is 3. The molecular weight excluding hydrogens is 206 g/mol. The third-order valence-corrected chi connectivity index (χ3v) is 3.10. The van der Waals surface area contributed by atoms with Gasteiger partial charge in [-0.15, -0.1) is 0 Å². The van der Waals surface area contributed by atoms with E-state index in [2.05, 4.69) is 10.8 Å². The quantitative estimate of drug-likeness (QED) is 0.702. The molecule has 2 aliphatic heterocycles. The Morgan fingerprint density at radius 3 is 3.00 bits per heavy atom. The van der Waals surface area contributed by atoms with Crippen LogP contribution < -0.4 is 9.47 Å². The van der Waals surface area contributed by atoms with E-state index < -0.39 is 0 Å². The van der Waals surface area contributed by atoms with Crippen molar-refractivity contribution < 1.29 is 19.2 Å². The highest BCUT2D eigenvalue weighted by Gasteiger charge is 2.27. The van der Waals surface area contributed by atoms with Gasteiger partial charge in [0, 0.05) is 12.0 Å². The van der Waals surface area contributed by atoms with Crippen LogP contribution in [0.5, 0.6) is 11.5 Å². The van der Waals surface area contributed by atoms with Gasteiger partial charge in [-0.25, -0.2) is 4.58 Å². The second-order valence-corrected chi connectivity index (χ2v) is 4.19. The number of benzene rings is 1. The number of hydrogen-bond acceptors (Lipinski definition) is 3. The maximum atomic E-state index is 9.30. The van der Waals surface area contributed by atoms with Crippen molar-refractivity contribution in [3.05, 3.63) is 22.8 Å². The molecule has 0 unspecified atom stereocenters. The summed E-state index contributed by atoms with van der Waals surface area (Å²) >= 11 is 0. The Morgan fingerprint density at radius 2 is 2.19 bits per heavy atom. The molecule has 0 spiro atoms. The van der Waals surface area contributed by atoms with Crippen molar-refractivity contribution in [3.63, 3.8) is 0 Å². The molecule has 3 rings (SSSR count). The summed E-state index contributed by atoms with van der Waals surface area (Å²) in [6.07, 6.45) is 3.06. The van der Waals surface area contributed by atoms with Crippen molar-refractivity contribution in [1.29, 1.82) is 0 Å². The van der Waals surface area contributed by atoms with Crippen LogP contribution in [0.2, 0.25) is 0 Å². The number of likely N-dealkylation sites (N-methyl/N-ethyl adjacent to an activating group) is 1. The normalized spacial score (nSPS) is 17.0. The zero-order valence-corrected chi connectivity index (χ0v) is 9.19. The molecule has 0 bridgehead atoms. The Hall–Kier alpha value is -1.55. The van der Waals surface area contributed by atoms with Gasteiger partial charge in [-0.3, -0.25) is 0 Å². The molecular formula is C12H14NO3+. The molecule has 0 radical (unpaired) electrons. The molecule has 0 amide bonds. The maximum Gasteiger partial charge on any atom is 0.231 e. The summed E-state index contributed by atoms with van der Waals surface area (Å²) in [5.74, 6) is 1.49. The zero-order valence-electron chi connectivity index (χ0n) is 9.19. The van der Waals surface area contributed by atoms with Crippen LogP contribution in [0.4, 0.5) is 0 Å². The predicted molar refractivity (Wildman–Crippen MR) is 58.4 cm³/mol. The molecule has 16 heavy (non-hydrogen) atoms. The van der Waals surface area contributed by atoms with Crippen molar-refractivity contribution in [1.82, 2.24) is 0 Å². The monoisotopic (exact) mass is 220 g/mol. The number of ether oxygens (including phenoxy) is 2. The van der Waals surface area contributed by atoms with Gasteiger partial charge in [0.05, 0.1) is 12.2 Å². The molecule has 84 valence electrons. The highest BCUT2D eigenvalue weighted by molar-refractivity contribution is 5.85. The number of rotatable bonds is 1. The molecule has 2 aliphatic rings. The summed E-state index contributed by atoms with van der Waals surface area (Å²) in [7, 11) is 2.05. The van der Waals surface area contributed by atoms with Crippen molar-refractivity contribution in [2.45, 2.75) is 13.0 Å². The lowest BCUT2D eigenvalue weighted by Crippen LogP contribution is -2.19. The van der Waals surface area contributed by atoms with Gasteiger partial charge in [0.1, 0.15) is 13.6 Å². The Labute approximate surface area is 93.7 Å². The van der Waals surface area contributed by atoms with Crippen LogP contribution in [0.15, 0.2) is 6.07 Å². The number of aliphatic hydroxyl groups is 1. The molecule has 2 heterocycles. The molecule has 4 nitrogen and oxygen atoms in total. The van der Waals surface area contributed by atoms with Gasteiger partial charge >= 0.3 is 0 Å². The molecule has 0 aromatic heterocycles. The van der Waals surface area contributed by atoms with Crippen molar-refractivity contribution in [2.75, 3.05) is 20.4 Å². The summed E-state index contributed by atoms with van der Waals surface area (Å²) in [5, 5.41) is 9.30.